The van der Waals surface area contributed by atoms with Gasteiger partial charge in [-0.3, -0.25) is 0 Å². The number of nitrogens with zero attached hydrogens (tertiary/aromatic N) is 2. The molecule has 0 unspecified atom stereocenters. The highest BCUT2D eigenvalue weighted by atomic mass is 35.5. The first-order valence-corrected chi connectivity index (χ1v) is 9.91. The van der Waals surface area contributed by atoms with E-state index in [1.54, 1.807) is 0 Å². The zero-order valence-electron chi connectivity index (χ0n) is 18.7. The van der Waals surface area contributed by atoms with Crippen molar-refractivity contribution in [1.29, 1.82) is 10.5 Å². The number of hydrogen-bond donors (Lipinski definition) is 0. The predicted octanol–water partition coefficient (Wildman–Crippen LogP) is 8.08. The summed E-state index contributed by atoms with van der Waals surface area (Å²) in [5, 5.41) is 18.0. The Balaban J connectivity index is -0.000000335. The number of rotatable bonds is 0. The van der Waals surface area contributed by atoms with Crippen molar-refractivity contribution >= 4 is 11.6 Å². The van der Waals surface area contributed by atoms with Gasteiger partial charge in [0.1, 0.15) is 0 Å². The standard InChI is InChI=1S/C9H8ClN.C9H9N.3C2H6/c1-6-3-4-9(10)7(2)8(6)5-11;1-7-3-4-8(2)9(5-7)6-10;3*1-2/h3-4H,1-2H3;3-5H,1-2H3;3*1-2H3. The van der Waals surface area contributed by atoms with Gasteiger partial charge in [0.15, 0.2) is 0 Å². The van der Waals surface area contributed by atoms with E-state index in [1.165, 1.54) is 0 Å². The van der Waals surface area contributed by atoms with Crippen LogP contribution in [-0.2, 0) is 0 Å². The number of halogens is 1. The molecule has 2 rings (SSSR count). The zero-order chi connectivity index (χ0) is 22.0. The Hall–Kier alpha value is -2.29. The van der Waals surface area contributed by atoms with Gasteiger partial charge in [-0.25, -0.2) is 0 Å². The molecule has 0 atom stereocenters. The maximum absolute atomic E-state index is 8.72. The molecule has 0 aliphatic heterocycles. The van der Waals surface area contributed by atoms with Crippen molar-refractivity contribution in [2.24, 2.45) is 0 Å². The number of aryl methyl sites for hydroxylation is 3. The lowest BCUT2D eigenvalue weighted by atomic mass is 10.0. The lowest BCUT2D eigenvalue weighted by Gasteiger charge is -2.02. The minimum atomic E-state index is 0.659. The summed E-state index contributed by atoms with van der Waals surface area (Å²) < 4.78 is 0. The summed E-state index contributed by atoms with van der Waals surface area (Å²) in [7, 11) is 0. The second-order valence-electron chi connectivity index (χ2n) is 4.91. The van der Waals surface area contributed by atoms with Gasteiger partial charge >= 0.3 is 0 Å². The van der Waals surface area contributed by atoms with Gasteiger partial charge < -0.3 is 0 Å². The Kier molecular flexibility index (Phi) is 20.2. The van der Waals surface area contributed by atoms with Crippen LogP contribution in [0.4, 0.5) is 0 Å². The Morgan fingerprint density at radius 2 is 1.19 bits per heavy atom. The minimum Gasteiger partial charge on any atom is -0.192 e. The van der Waals surface area contributed by atoms with E-state index in [9.17, 15) is 0 Å². The van der Waals surface area contributed by atoms with Crippen LogP contribution in [0.2, 0.25) is 5.02 Å². The highest BCUT2D eigenvalue weighted by molar-refractivity contribution is 6.31. The zero-order valence-corrected chi connectivity index (χ0v) is 19.4. The van der Waals surface area contributed by atoms with E-state index in [0.717, 1.165) is 27.8 Å². The molecule has 2 aromatic rings. The van der Waals surface area contributed by atoms with Crippen LogP contribution in [-0.4, -0.2) is 0 Å². The van der Waals surface area contributed by atoms with Gasteiger partial charge in [0.25, 0.3) is 0 Å². The van der Waals surface area contributed by atoms with Crippen molar-refractivity contribution in [2.45, 2.75) is 69.2 Å². The molecule has 0 bridgehead atoms. The molecule has 0 heterocycles. The fraction of sp³-hybridized carbons (Fsp3) is 0.417. The third-order valence-corrected chi connectivity index (χ3v) is 3.64. The third kappa shape index (κ3) is 11.1. The van der Waals surface area contributed by atoms with Gasteiger partial charge in [-0.1, -0.05) is 71.3 Å². The first kappa shape index (κ1) is 29.5. The number of nitriles is 2. The van der Waals surface area contributed by atoms with E-state index < -0.39 is 0 Å². The van der Waals surface area contributed by atoms with Gasteiger partial charge in [0.2, 0.25) is 0 Å². The SMILES string of the molecule is CC.CC.CC.Cc1ccc(C)c(C#N)c1.Cc1ccc(Cl)c(C)c1C#N. The molecule has 0 spiro atoms. The largest absolute Gasteiger partial charge is 0.192 e. The molecule has 0 saturated carbocycles. The Morgan fingerprint density at radius 1 is 0.704 bits per heavy atom. The van der Waals surface area contributed by atoms with Crippen molar-refractivity contribution in [3.8, 4) is 12.1 Å². The molecular formula is C24H35ClN2. The monoisotopic (exact) mass is 386 g/mol. The summed E-state index contributed by atoms with van der Waals surface area (Å²) >= 11 is 5.81. The van der Waals surface area contributed by atoms with E-state index in [4.69, 9.17) is 22.1 Å². The summed E-state index contributed by atoms with van der Waals surface area (Å²) in [6.45, 7) is 19.7. The Labute approximate surface area is 172 Å². The number of hydrogen-bond acceptors (Lipinski definition) is 2. The lowest BCUT2D eigenvalue weighted by molar-refractivity contribution is 1.32. The quantitative estimate of drug-likeness (QED) is 0.459. The second kappa shape index (κ2) is 18.5. The molecule has 0 aliphatic rings. The van der Waals surface area contributed by atoms with Crippen LogP contribution < -0.4 is 0 Å². The first-order chi connectivity index (χ1) is 12.9. The van der Waals surface area contributed by atoms with Crippen LogP contribution in [0.1, 0.15) is 74.9 Å². The molecule has 0 N–H and O–H groups in total. The average Bonchev–Trinajstić information content (AvgIpc) is 2.72. The van der Waals surface area contributed by atoms with Gasteiger partial charge in [-0.2, -0.15) is 10.5 Å². The van der Waals surface area contributed by atoms with Gasteiger partial charge in [0, 0.05) is 5.02 Å². The topological polar surface area (TPSA) is 47.6 Å². The van der Waals surface area contributed by atoms with E-state index in [1.807, 2.05) is 99.6 Å². The molecule has 0 saturated heterocycles. The van der Waals surface area contributed by atoms with E-state index in [-0.39, 0.29) is 0 Å². The first-order valence-electron chi connectivity index (χ1n) is 9.53. The van der Waals surface area contributed by atoms with Crippen LogP contribution in [0.25, 0.3) is 0 Å². The molecule has 0 fully saturated rings. The lowest BCUT2D eigenvalue weighted by Crippen LogP contribution is -1.87. The summed E-state index contributed by atoms with van der Waals surface area (Å²) in [5.41, 5.74) is 5.51. The maximum Gasteiger partial charge on any atom is 0.0997 e. The molecule has 0 aliphatic carbocycles. The highest BCUT2D eigenvalue weighted by Crippen LogP contribution is 2.21. The molecule has 0 radical (unpaired) electrons. The second-order valence-corrected chi connectivity index (χ2v) is 5.31. The molecule has 2 aromatic carbocycles. The van der Waals surface area contributed by atoms with Crippen LogP contribution in [0.15, 0.2) is 30.3 Å². The molecular weight excluding hydrogens is 352 g/mol. The summed E-state index contributed by atoms with van der Waals surface area (Å²) in [6.07, 6.45) is 0. The van der Waals surface area contributed by atoms with Gasteiger partial charge in [-0.05, 0) is 62.1 Å². The molecule has 148 valence electrons. The van der Waals surface area contributed by atoms with Crippen molar-refractivity contribution in [3.63, 3.8) is 0 Å². The number of benzene rings is 2. The summed E-state index contributed by atoms with van der Waals surface area (Å²) in [5.74, 6) is 0. The van der Waals surface area contributed by atoms with Crippen molar-refractivity contribution < 1.29 is 0 Å². The summed E-state index contributed by atoms with van der Waals surface area (Å²) in [4.78, 5) is 0. The fourth-order valence-corrected chi connectivity index (χ4v) is 2.01. The Morgan fingerprint density at radius 3 is 1.56 bits per heavy atom. The van der Waals surface area contributed by atoms with Gasteiger partial charge in [-0.15, -0.1) is 0 Å². The average molecular weight is 387 g/mol. The Bertz CT molecular complexity index is 735. The predicted molar refractivity (Wildman–Crippen MR) is 120 cm³/mol. The minimum absolute atomic E-state index is 0.659. The summed E-state index contributed by atoms with van der Waals surface area (Å²) in [6, 6.07) is 13.8. The normalized spacial score (nSPS) is 7.74. The highest BCUT2D eigenvalue weighted by Gasteiger charge is 2.03. The molecule has 3 heteroatoms. The molecule has 2 nitrogen and oxygen atoms in total. The van der Waals surface area contributed by atoms with Crippen LogP contribution in [0.3, 0.4) is 0 Å². The van der Waals surface area contributed by atoms with E-state index in [2.05, 4.69) is 12.1 Å². The van der Waals surface area contributed by atoms with Crippen molar-refractivity contribution in [1.82, 2.24) is 0 Å². The fourth-order valence-electron chi connectivity index (χ4n) is 1.85. The van der Waals surface area contributed by atoms with Crippen molar-refractivity contribution in [2.75, 3.05) is 0 Å². The molecule has 0 aromatic heterocycles. The third-order valence-electron chi connectivity index (χ3n) is 3.23. The molecule has 0 amide bonds. The van der Waals surface area contributed by atoms with E-state index in [0.29, 0.717) is 10.6 Å². The maximum atomic E-state index is 8.72. The van der Waals surface area contributed by atoms with Crippen LogP contribution >= 0.6 is 11.6 Å². The van der Waals surface area contributed by atoms with Crippen molar-refractivity contribution in [3.05, 3.63) is 68.7 Å². The van der Waals surface area contributed by atoms with E-state index >= 15 is 0 Å². The van der Waals surface area contributed by atoms with Crippen LogP contribution in [0.5, 0.6) is 0 Å². The smallest absolute Gasteiger partial charge is 0.0997 e. The molecule has 27 heavy (non-hydrogen) atoms. The van der Waals surface area contributed by atoms with Crippen LogP contribution in [0, 0.1) is 50.4 Å². The van der Waals surface area contributed by atoms with Gasteiger partial charge in [0.05, 0.1) is 23.3 Å².